The van der Waals surface area contributed by atoms with Crippen molar-refractivity contribution in [3.05, 3.63) is 29.8 Å². The highest BCUT2D eigenvalue weighted by Gasteiger charge is 2.35. The number of rotatable bonds is 4. The van der Waals surface area contributed by atoms with Gasteiger partial charge in [-0.1, -0.05) is 0 Å². The average Bonchev–Trinajstić information content (AvgIpc) is 3.24. The van der Waals surface area contributed by atoms with Gasteiger partial charge in [-0.2, -0.15) is 28.1 Å². The minimum absolute atomic E-state index is 0.106. The third-order valence-corrected chi connectivity index (χ3v) is 3.66. The number of carbonyl (C=O) groups is 1. The van der Waals surface area contributed by atoms with Gasteiger partial charge in [0.25, 0.3) is 0 Å². The molecule has 0 spiro atoms. The minimum atomic E-state index is -4.59. The summed E-state index contributed by atoms with van der Waals surface area (Å²) in [7, 11) is 4.51. The van der Waals surface area contributed by atoms with E-state index < -0.39 is 11.9 Å². The maximum Gasteiger partial charge on any atom is 0.435 e. The molecular formula is C14H15F3N8O. The summed E-state index contributed by atoms with van der Waals surface area (Å²) in [4.78, 5) is 15.9. The number of amides is 1. The van der Waals surface area contributed by atoms with Gasteiger partial charge in [0.05, 0.1) is 12.6 Å². The first-order valence-electron chi connectivity index (χ1n) is 7.47. The fourth-order valence-corrected chi connectivity index (χ4v) is 2.38. The lowest BCUT2D eigenvalue weighted by Gasteiger charge is -2.05. The second-order valence-electron chi connectivity index (χ2n) is 5.46. The predicted octanol–water partition coefficient (Wildman–Crippen LogP) is 0.709. The maximum absolute atomic E-state index is 13.0. The highest BCUT2D eigenvalue weighted by atomic mass is 19.4. The van der Waals surface area contributed by atoms with Gasteiger partial charge in [0.15, 0.2) is 23.2 Å². The summed E-state index contributed by atoms with van der Waals surface area (Å²) < 4.78 is 42.8. The van der Waals surface area contributed by atoms with Crippen molar-refractivity contribution >= 4 is 5.91 Å². The van der Waals surface area contributed by atoms with Gasteiger partial charge in [-0.25, -0.2) is 4.98 Å². The first-order chi connectivity index (χ1) is 12.2. The van der Waals surface area contributed by atoms with Gasteiger partial charge in [-0.15, -0.1) is 5.10 Å². The normalized spacial score (nSPS) is 11.8. The van der Waals surface area contributed by atoms with Crippen LogP contribution in [0.25, 0.3) is 17.3 Å². The quantitative estimate of drug-likeness (QED) is 0.732. The van der Waals surface area contributed by atoms with Crippen LogP contribution >= 0.6 is 0 Å². The fraction of sp³-hybridized carbons (Fsp3) is 0.357. The van der Waals surface area contributed by atoms with Gasteiger partial charge < -0.3 is 5.32 Å². The van der Waals surface area contributed by atoms with E-state index in [2.05, 4.69) is 25.6 Å². The largest absolute Gasteiger partial charge is 0.435 e. The van der Waals surface area contributed by atoms with Crippen molar-refractivity contribution < 1.29 is 18.0 Å². The molecule has 26 heavy (non-hydrogen) atoms. The van der Waals surface area contributed by atoms with Crippen molar-refractivity contribution in [1.82, 2.24) is 39.6 Å². The fourth-order valence-electron chi connectivity index (χ4n) is 2.38. The van der Waals surface area contributed by atoms with Crippen LogP contribution in [0.15, 0.2) is 18.3 Å². The van der Waals surface area contributed by atoms with E-state index in [4.69, 9.17) is 0 Å². The summed E-state index contributed by atoms with van der Waals surface area (Å²) in [5.74, 6) is 0.443. The lowest BCUT2D eigenvalue weighted by Crippen LogP contribution is -2.20. The Labute approximate surface area is 145 Å². The summed E-state index contributed by atoms with van der Waals surface area (Å²) in [5, 5.41) is 14.2. The third-order valence-electron chi connectivity index (χ3n) is 3.66. The Morgan fingerprint density at radius 2 is 1.96 bits per heavy atom. The van der Waals surface area contributed by atoms with Crippen molar-refractivity contribution in [2.45, 2.75) is 12.6 Å². The van der Waals surface area contributed by atoms with E-state index in [1.807, 2.05) is 0 Å². The molecule has 3 aromatic rings. The topological polar surface area (TPSA) is 95.5 Å². The first kappa shape index (κ1) is 17.6. The van der Waals surface area contributed by atoms with E-state index in [-0.39, 0.29) is 29.7 Å². The minimum Gasteiger partial charge on any atom is -0.359 e. The molecule has 0 aliphatic rings. The molecule has 0 aliphatic carbocycles. The number of likely N-dealkylation sites (N-methyl/N-ethyl adjacent to an activating group) is 1. The van der Waals surface area contributed by atoms with E-state index >= 15 is 0 Å². The zero-order valence-electron chi connectivity index (χ0n) is 14.1. The Morgan fingerprint density at radius 1 is 1.23 bits per heavy atom. The van der Waals surface area contributed by atoms with E-state index in [1.54, 1.807) is 13.1 Å². The van der Waals surface area contributed by atoms with E-state index in [9.17, 15) is 18.0 Å². The molecule has 0 saturated heterocycles. The summed E-state index contributed by atoms with van der Waals surface area (Å²) in [6.45, 7) is 0. The summed E-state index contributed by atoms with van der Waals surface area (Å²) in [5.41, 5.74) is -0.934. The van der Waals surface area contributed by atoms with Crippen LogP contribution in [-0.4, -0.2) is 47.3 Å². The molecule has 3 rings (SSSR count). The second kappa shape index (κ2) is 6.28. The molecule has 3 heterocycles. The summed E-state index contributed by atoms with van der Waals surface area (Å²) in [6.07, 6.45) is -3.18. The second-order valence-corrected chi connectivity index (χ2v) is 5.46. The number of hydrogen-bond acceptors (Lipinski definition) is 5. The number of hydrogen-bond donors (Lipinski definition) is 1. The highest BCUT2D eigenvalue weighted by Crippen LogP contribution is 2.31. The predicted molar refractivity (Wildman–Crippen MR) is 83.1 cm³/mol. The molecule has 0 aliphatic heterocycles. The van der Waals surface area contributed by atoms with Gasteiger partial charge in [0.1, 0.15) is 5.69 Å². The van der Waals surface area contributed by atoms with Crippen LogP contribution in [0.1, 0.15) is 11.5 Å². The van der Waals surface area contributed by atoms with E-state index in [0.717, 1.165) is 10.7 Å². The van der Waals surface area contributed by atoms with Gasteiger partial charge >= 0.3 is 6.18 Å². The van der Waals surface area contributed by atoms with Crippen LogP contribution in [0.4, 0.5) is 13.2 Å². The molecule has 0 radical (unpaired) electrons. The molecule has 1 amide bonds. The number of alkyl halides is 3. The Hall–Kier alpha value is -3.18. The standard InChI is InChI=1S/C14H15F3N8O/c1-18-11(26)7-10-20-13(25(22-10)12-4-5-19-24(12)3)8-6-9(14(15,16)17)21-23(8)2/h4-6H,7H2,1-3H3,(H,18,26). The molecule has 0 unspecified atom stereocenters. The number of carbonyl (C=O) groups excluding carboxylic acids is 1. The first-order valence-corrected chi connectivity index (χ1v) is 7.47. The summed E-state index contributed by atoms with van der Waals surface area (Å²) in [6, 6.07) is 2.52. The number of halogens is 3. The Balaban J connectivity index is 2.15. The number of nitrogens with zero attached hydrogens (tertiary/aromatic N) is 7. The molecule has 3 aromatic heterocycles. The molecule has 0 bridgehead atoms. The molecule has 0 atom stereocenters. The van der Waals surface area contributed by atoms with Crippen molar-refractivity contribution in [3.63, 3.8) is 0 Å². The van der Waals surface area contributed by atoms with Crippen LogP contribution in [-0.2, 0) is 31.5 Å². The highest BCUT2D eigenvalue weighted by molar-refractivity contribution is 5.77. The molecule has 0 saturated carbocycles. The van der Waals surface area contributed by atoms with Gasteiger partial charge in [0.2, 0.25) is 5.91 Å². The number of aryl methyl sites for hydroxylation is 2. The molecule has 9 nitrogen and oxygen atoms in total. The third kappa shape index (κ3) is 3.17. The molecule has 1 N–H and O–H groups in total. The van der Waals surface area contributed by atoms with E-state index in [1.165, 1.54) is 29.7 Å². The number of nitrogens with one attached hydrogen (secondary N) is 1. The monoisotopic (exact) mass is 368 g/mol. The SMILES string of the molecule is CNC(=O)Cc1nc(-c2cc(C(F)(F)F)nn2C)n(-c2ccnn2C)n1. The number of aromatic nitrogens is 7. The zero-order valence-corrected chi connectivity index (χ0v) is 14.1. The van der Waals surface area contributed by atoms with Gasteiger partial charge in [0, 0.05) is 27.2 Å². The lowest BCUT2D eigenvalue weighted by molar-refractivity contribution is -0.141. The van der Waals surface area contributed by atoms with Crippen LogP contribution in [0, 0.1) is 0 Å². The van der Waals surface area contributed by atoms with Crippen LogP contribution in [0.5, 0.6) is 0 Å². The van der Waals surface area contributed by atoms with E-state index in [0.29, 0.717) is 5.82 Å². The van der Waals surface area contributed by atoms with Crippen LogP contribution in [0.2, 0.25) is 0 Å². The van der Waals surface area contributed by atoms with Crippen LogP contribution < -0.4 is 5.32 Å². The Kier molecular flexibility index (Phi) is 4.26. The lowest BCUT2D eigenvalue weighted by atomic mass is 10.3. The van der Waals surface area contributed by atoms with Crippen LogP contribution in [0.3, 0.4) is 0 Å². The van der Waals surface area contributed by atoms with Crippen molar-refractivity contribution in [2.24, 2.45) is 14.1 Å². The van der Waals surface area contributed by atoms with Crippen molar-refractivity contribution in [1.29, 1.82) is 0 Å². The molecule has 0 fully saturated rings. The molecule has 0 aromatic carbocycles. The molecule has 12 heteroatoms. The Morgan fingerprint density at radius 3 is 2.50 bits per heavy atom. The summed E-state index contributed by atoms with van der Waals surface area (Å²) >= 11 is 0. The van der Waals surface area contributed by atoms with Gasteiger partial charge in [-0.05, 0) is 6.07 Å². The van der Waals surface area contributed by atoms with Gasteiger partial charge in [-0.3, -0.25) is 14.2 Å². The molecule has 138 valence electrons. The molecular weight excluding hydrogens is 353 g/mol. The average molecular weight is 368 g/mol. The smallest absolute Gasteiger partial charge is 0.359 e. The Bertz CT molecular complexity index is 952. The zero-order chi connectivity index (χ0) is 19.1. The van der Waals surface area contributed by atoms with Crippen molar-refractivity contribution in [3.8, 4) is 17.3 Å². The maximum atomic E-state index is 13.0. The van der Waals surface area contributed by atoms with Crippen molar-refractivity contribution in [2.75, 3.05) is 7.05 Å².